The fraction of sp³-hybridized carbons (Fsp3) is 0.300. The fourth-order valence-electron chi connectivity index (χ4n) is 2.31. The molecule has 26 heavy (non-hydrogen) atoms. The second-order valence-electron chi connectivity index (χ2n) is 5.71. The van der Waals surface area contributed by atoms with Crippen LogP contribution in [0.3, 0.4) is 0 Å². The average molecular weight is 392 g/mol. The predicted octanol–water partition coefficient (Wildman–Crippen LogP) is 5.33. The minimum absolute atomic E-state index is 0.100. The van der Waals surface area contributed by atoms with Crippen molar-refractivity contribution in [3.8, 4) is 0 Å². The van der Waals surface area contributed by atoms with Gasteiger partial charge in [-0.3, -0.25) is 4.79 Å². The van der Waals surface area contributed by atoms with E-state index in [9.17, 15) is 9.59 Å². The third-order valence-electron chi connectivity index (χ3n) is 3.76. The van der Waals surface area contributed by atoms with Crippen molar-refractivity contribution in [3.05, 3.63) is 58.6 Å². The molecule has 0 aromatic heterocycles. The van der Waals surface area contributed by atoms with Crippen molar-refractivity contribution < 1.29 is 14.3 Å². The maximum Gasteiger partial charge on any atom is 0.338 e. The largest absolute Gasteiger partial charge is 0.462 e. The number of carbonyl (C=O) groups is 2. The average Bonchev–Trinajstić information content (AvgIpc) is 2.63. The van der Waals surface area contributed by atoms with Crippen molar-refractivity contribution in [2.45, 2.75) is 37.3 Å². The van der Waals surface area contributed by atoms with Crippen molar-refractivity contribution in [2.24, 2.45) is 0 Å². The minimum atomic E-state index is -0.398. The van der Waals surface area contributed by atoms with Crippen molar-refractivity contribution in [2.75, 3.05) is 11.9 Å². The number of nitrogens with one attached hydrogen (secondary N) is 1. The Balaban J connectivity index is 2.12. The molecular weight excluding hydrogens is 370 g/mol. The summed E-state index contributed by atoms with van der Waals surface area (Å²) in [5.41, 5.74) is 1.93. The summed E-state index contributed by atoms with van der Waals surface area (Å²) in [7, 11) is 0. The Hall–Kier alpha value is -1.98. The number of benzene rings is 2. The van der Waals surface area contributed by atoms with E-state index in [1.54, 1.807) is 25.1 Å². The lowest BCUT2D eigenvalue weighted by molar-refractivity contribution is -0.115. The summed E-state index contributed by atoms with van der Waals surface area (Å²) in [5, 5.41) is 3.35. The van der Waals surface area contributed by atoms with Gasteiger partial charge in [0.1, 0.15) is 0 Å². The predicted molar refractivity (Wildman–Crippen MR) is 107 cm³/mol. The van der Waals surface area contributed by atoms with Crippen LogP contribution in [0.25, 0.3) is 0 Å². The summed E-state index contributed by atoms with van der Waals surface area (Å²) in [6, 6.07) is 12.6. The molecule has 2 rings (SSSR count). The highest BCUT2D eigenvalue weighted by atomic mass is 35.5. The van der Waals surface area contributed by atoms with Crippen LogP contribution in [0.15, 0.2) is 47.4 Å². The van der Waals surface area contributed by atoms with E-state index < -0.39 is 5.97 Å². The molecule has 1 N–H and O–H groups in total. The van der Waals surface area contributed by atoms with E-state index >= 15 is 0 Å². The van der Waals surface area contributed by atoms with Crippen LogP contribution < -0.4 is 5.32 Å². The van der Waals surface area contributed by atoms with Crippen LogP contribution in [0.4, 0.5) is 5.69 Å². The Morgan fingerprint density at radius 1 is 1.15 bits per heavy atom. The van der Waals surface area contributed by atoms with Crippen LogP contribution in [0.2, 0.25) is 5.02 Å². The van der Waals surface area contributed by atoms with Gasteiger partial charge in [-0.15, -0.1) is 11.8 Å². The highest BCUT2D eigenvalue weighted by molar-refractivity contribution is 8.00. The minimum Gasteiger partial charge on any atom is -0.462 e. The smallest absolute Gasteiger partial charge is 0.338 e. The highest BCUT2D eigenvalue weighted by Crippen LogP contribution is 2.28. The maximum atomic E-state index is 12.7. The molecule has 0 saturated carbocycles. The van der Waals surface area contributed by atoms with Crippen LogP contribution in [0, 0.1) is 6.92 Å². The van der Waals surface area contributed by atoms with Crippen LogP contribution in [0.5, 0.6) is 0 Å². The van der Waals surface area contributed by atoms with E-state index in [4.69, 9.17) is 16.3 Å². The first-order chi connectivity index (χ1) is 12.4. The zero-order valence-electron chi connectivity index (χ0n) is 15.0. The molecule has 0 radical (unpaired) electrons. The molecule has 0 aliphatic carbocycles. The van der Waals surface area contributed by atoms with E-state index in [0.717, 1.165) is 10.5 Å². The summed E-state index contributed by atoms with van der Waals surface area (Å²) >= 11 is 7.39. The Morgan fingerprint density at radius 2 is 1.85 bits per heavy atom. The maximum absolute atomic E-state index is 12.7. The van der Waals surface area contributed by atoms with Gasteiger partial charge in [0.05, 0.1) is 17.4 Å². The molecule has 2 aromatic rings. The summed E-state index contributed by atoms with van der Waals surface area (Å²) in [6.07, 6.45) is 0.676. The lowest BCUT2D eigenvalue weighted by Gasteiger charge is -2.16. The van der Waals surface area contributed by atoms with Gasteiger partial charge in [0, 0.05) is 15.6 Å². The standard InChI is InChI=1S/C20H22ClNO3S/c1-4-18(26-16-10-8-15(21)9-11-16)19(23)22-17-12-14(7-6-13(17)3)20(24)25-5-2/h6-12,18H,4-5H2,1-3H3,(H,22,23)/t18-/m1/s1. The number of amides is 1. The van der Waals surface area contributed by atoms with Gasteiger partial charge in [0.15, 0.2) is 0 Å². The topological polar surface area (TPSA) is 55.4 Å². The lowest BCUT2D eigenvalue weighted by atomic mass is 10.1. The Kier molecular flexibility index (Phi) is 7.54. The Labute approximate surface area is 163 Å². The molecule has 4 nitrogen and oxygen atoms in total. The summed E-state index contributed by atoms with van der Waals surface area (Å²) in [5.74, 6) is -0.498. The molecule has 1 atom stereocenters. The molecule has 0 unspecified atom stereocenters. The number of esters is 1. The van der Waals surface area contributed by atoms with Crippen molar-refractivity contribution in [1.29, 1.82) is 0 Å². The number of thioether (sulfide) groups is 1. The molecule has 0 heterocycles. The van der Waals surface area contributed by atoms with Gasteiger partial charge in [-0.1, -0.05) is 24.6 Å². The quantitative estimate of drug-likeness (QED) is 0.511. The van der Waals surface area contributed by atoms with Crippen molar-refractivity contribution >= 4 is 40.9 Å². The third kappa shape index (κ3) is 5.51. The summed E-state index contributed by atoms with van der Waals surface area (Å²) in [4.78, 5) is 25.6. The Morgan fingerprint density at radius 3 is 2.46 bits per heavy atom. The third-order valence-corrected chi connectivity index (χ3v) is 5.39. The van der Waals surface area contributed by atoms with Gasteiger partial charge in [-0.05, 0) is 62.2 Å². The monoisotopic (exact) mass is 391 g/mol. The molecular formula is C20H22ClNO3S. The summed E-state index contributed by atoms with van der Waals surface area (Å²) in [6.45, 7) is 5.92. The number of hydrogen-bond donors (Lipinski definition) is 1. The van der Waals surface area contributed by atoms with Crippen LogP contribution in [-0.4, -0.2) is 23.7 Å². The number of hydrogen-bond acceptors (Lipinski definition) is 4. The highest BCUT2D eigenvalue weighted by Gasteiger charge is 2.19. The number of rotatable bonds is 7. The molecule has 138 valence electrons. The molecule has 0 aliphatic rings. The van der Waals surface area contributed by atoms with E-state index in [-0.39, 0.29) is 11.2 Å². The van der Waals surface area contributed by atoms with E-state index in [1.807, 2.05) is 38.1 Å². The van der Waals surface area contributed by atoms with Gasteiger partial charge in [0.25, 0.3) is 0 Å². The lowest BCUT2D eigenvalue weighted by Crippen LogP contribution is -2.25. The zero-order chi connectivity index (χ0) is 19.1. The SMILES string of the molecule is CCOC(=O)c1ccc(C)c(NC(=O)[C@@H](CC)Sc2ccc(Cl)cc2)c1. The number of aryl methyl sites for hydroxylation is 1. The van der Waals surface area contributed by atoms with E-state index in [1.165, 1.54) is 11.8 Å². The number of anilines is 1. The van der Waals surface area contributed by atoms with Gasteiger partial charge < -0.3 is 10.1 Å². The molecule has 0 saturated heterocycles. The normalized spacial score (nSPS) is 11.7. The molecule has 1 amide bonds. The molecule has 0 spiro atoms. The van der Waals surface area contributed by atoms with Crippen LogP contribution >= 0.6 is 23.4 Å². The van der Waals surface area contributed by atoms with Gasteiger partial charge >= 0.3 is 5.97 Å². The first-order valence-electron chi connectivity index (χ1n) is 8.45. The van der Waals surface area contributed by atoms with Gasteiger partial charge in [0.2, 0.25) is 5.91 Å². The van der Waals surface area contributed by atoms with E-state index in [2.05, 4.69) is 5.32 Å². The second kappa shape index (κ2) is 9.64. The van der Waals surface area contributed by atoms with Crippen molar-refractivity contribution in [3.63, 3.8) is 0 Å². The second-order valence-corrected chi connectivity index (χ2v) is 7.42. The fourth-order valence-corrected chi connectivity index (χ4v) is 3.39. The molecule has 0 fully saturated rings. The Bertz CT molecular complexity index is 777. The van der Waals surface area contributed by atoms with Gasteiger partial charge in [-0.2, -0.15) is 0 Å². The van der Waals surface area contributed by atoms with Crippen LogP contribution in [0.1, 0.15) is 36.2 Å². The first-order valence-corrected chi connectivity index (χ1v) is 9.71. The number of carbonyl (C=O) groups excluding carboxylic acids is 2. The molecule has 0 bridgehead atoms. The van der Waals surface area contributed by atoms with Crippen molar-refractivity contribution in [1.82, 2.24) is 0 Å². The van der Waals surface area contributed by atoms with E-state index in [0.29, 0.717) is 29.3 Å². The molecule has 0 aliphatic heterocycles. The zero-order valence-corrected chi connectivity index (χ0v) is 16.6. The van der Waals surface area contributed by atoms with Crippen LogP contribution in [-0.2, 0) is 9.53 Å². The number of ether oxygens (including phenoxy) is 1. The van der Waals surface area contributed by atoms with Gasteiger partial charge in [-0.25, -0.2) is 4.79 Å². The number of halogens is 1. The summed E-state index contributed by atoms with van der Waals surface area (Å²) < 4.78 is 5.02. The molecule has 6 heteroatoms. The first kappa shape index (κ1) is 20.3. The molecule has 2 aromatic carbocycles.